The van der Waals surface area contributed by atoms with E-state index in [1.54, 1.807) is 0 Å². The number of nitrogens with zero attached hydrogens (tertiary/aromatic N) is 1. The Morgan fingerprint density at radius 3 is 2.10 bits per heavy atom. The van der Waals surface area contributed by atoms with Gasteiger partial charge in [0.2, 0.25) is 0 Å². The summed E-state index contributed by atoms with van der Waals surface area (Å²) in [6.45, 7) is 1.05. The molecular weight excluding hydrogens is 203 g/mol. The van der Waals surface area contributed by atoms with Gasteiger partial charge in [0.25, 0.3) is 0 Å². The molecule has 0 N–H and O–H groups in total. The van der Waals surface area contributed by atoms with Crippen LogP contribution in [0, 0.1) is 0 Å². The molecule has 0 rings (SSSR count). The SMILES string of the molecule is C[N+](C)(C)CCC[C-]=O.[Y+3]. The molecule has 3 heteroatoms. The van der Waals surface area contributed by atoms with Crippen molar-refractivity contribution in [1.82, 2.24) is 0 Å². The predicted molar refractivity (Wildman–Crippen MR) is 37.8 cm³/mol. The van der Waals surface area contributed by atoms with Crippen LogP contribution in [0.4, 0.5) is 0 Å². The van der Waals surface area contributed by atoms with Gasteiger partial charge in [-0.05, 0) is 6.42 Å². The normalized spacial score (nSPS) is 10.3. The summed E-state index contributed by atoms with van der Waals surface area (Å²) in [7, 11) is 6.35. The Kier molecular flexibility index (Phi) is 8.59. The second-order valence-electron chi connectivity index (χ2n) is 3.26. The fourth-order valence-corrected chi connectivity index (χ4v) is 0.626. The van der Waals surface area contributed by atoms with E-state index in [1.165, 1.54) is 0 Å². The summed E-state index contributed by atoms with van der Waals surface area (Å²) in [5, 5.41) is 0. The molecule has 0 aliphatic rings. The van der Waals surface area contributed by atoms with Gasteiger partial charge in [0.1, 0.15) is 0 Å². The maximum atomic E-state index is 9.76. The van der Waals surface area contributed by atoms with Gasteiger partial charge >= 0.3 is 32.7 Å². The van der Waals surface area contributed by atoms with Crippen LogP contribution in [0.15, 0.2) is 0 Å². The van der Waals surface area contributed by atoms with Gasteiger partial charge in [-0.25, -0.2) is 0 Å². The molecule has 0 fully saturated rings. The number of hydrogen-bond acceptors (Lipinski definition) is 1. The van der Waals surface area contributed by atoms with Crippen LogP contribution in [0.1, 0.15) is 12.8 Å². The van der Waals surface area contributed by atoms with Crippen LogP contribution >= 0.6 is 0 Å². The summed E-state index contributed by atoms with van der Waals surface area (Å²) in [4.78, 5) is 9.76. The minimum Gasteiger partial charge on any atom is -0.542 e. The third-order valence-electron chi connectivity index (χ3n) is 1.11. The van der Waals surface area contributed by atoms with Gasteiger partial charge in [-0.2, -0.15) is 0 Å². The van der Waals surface area contributed by atoms with Crippen LogP contribution < -0.4 is 0 Å². The van der Waals surface area contributed by atoms with E-state index in [1.807, 2.05) is 6.29 Å². The van der Waals surface area contributed by atoms with Crippen LogP contribution in [0.3, 0.4) is 0 Å². The van der Waals surface area contributed by atoms with Gasteiger partial charge in [-0.1, -0.05) is 0 Å². The quantitative estimate of drug-likeness (QED) is 0.383. The smallest absolute Gasteiger partial charge is 0.542 e. The molecule has 54 valence electrons. The van der Waals surface area contributed by atoms with E-state index in [-0.39, 0.29) is 32.7 Å². The fourth-order valence-electron chi connectivity index (χ4n) is 0.626. The molecule has 0 aromatic carbocycles. The molecule has 0 saturated heterocycles. The van der Waals surface area contributed by atoms with Crippen molar-refractivity contribution in [3.63, 3.8) is 0 Å². The standard InChI is InChI=1S/C7H15NO.Y/c1-8(2,3)6-4-5-7-9;/h4-6H2,1-3H3;/q;+3. The number of carbonyl (C=O) groups excluding carboxylic acids is 1. The third kappa shape index (κ3) is 11.5. The summed E-state index contributed by atoms with van der Waals surface area (Å²) in [6, 6.07) is 0. The first-order valence-electron chi connectivity index (χ1n) is 3.22. The average Bonchev–Trinajstić information content (AvgIpc) is 1.63. The van der Waals surface area contributed by atoms with Gasteiger partial charge in [0.15, 0.2) is 0 Å². The van der Waals surface area contributed by atoms with E-state index >= 15 is 0 Å². The largest absolute Gasteiger partial charge is 3.00 e. The van der Waals surface area contributed by atoms with Crippen LogP contribution in [0.2, 0.25) is 0 Å². The molecule has 0 aliphatic heterocycles. The zero-order chi connectivity index (χ0) is 7.33. The zero-order valence-electron chi connectivity index (χ0n) is 7.05. The van der Waals surface area contributed by atoms with Crippen molar-refractivity contribution >= 4 is 6.29 Å². The minimum atomic E-state index is 0. The molecular formula is C7H15NOY+3. The number of unbranched alkanes of at least 4 members (excludes halogenated alkanes) is 1. The van der Waals surface area contributed by atoms with Crippen molar-refractivity contribution < 1.29 is 42.0 Å². The first kappa shape index (κ1) is 13.3. The molecule has 0 aliphatic carbocycles. The number of hydrogen-bond donors (Lipinski definition) is 0. The second kappa shape index (κ2) is 6.44. The molecule has 10 heavy (non-hydrogen) atoms. The molecule has 0 aromatic rings. The van der Waals surface area contributed by atoms with E-state index in [0.717, 1.165) is 17.4 Å². The summed E-state index contributed by atoms with van der Waals surface area (Å²) >= 11 is 0. The van der Waals surface area contributed by atoms with E-state index in [9.17, 15) is 4.79 Å². The summed E-state index contributed by atoms with van der Waals surface area (Å²) in [5.41, 5.74) is 0. The van der Waals surface area contributed by atoms with Crippen molar-refractivity contribution in [2.24, 2.45) is 0 Å². The van der Waals surface area contributed by atoms with Gasteiger partial charge in [-0.15, -0.1) is 6.42 Å². The Balaban J connectivity index is 0. The van der Waals surface area contributed by atoms with Gasteiger partial charge < -0.3 is 9.28 Å². The molecule has 0 spiro atoms. The van der Waals surface area contributed by atoms with Crippen molar-refractivity contribution in [2.75, 3.05) is 27.7 Å². The molecule has 0 unspecified atom stereocenters. The molecule has 0 saturated carbocycles. The minimum absolute atomic E-state index is 0. The van der Waals surface area contributed by atoms with Crippen LogP contribution in [-0.4, -0.2) is 38.5 Å². The van der Waals surface area contributed by atoms with E-state index < -0.39 is 0 Å². The topological polar surface area (TPSA) is 17.1 Å². The van der Waals surface area contributed by atoms with Crippen molar-refractivity contribution in [1.29, 1.82) is 0 Å². The average molecular weight is 218 g/mol. The third-order valence-corrected chi connectivity index (χ3v) is 1.11. The van der Waals surface area contributed by atoms with E-state index in [2.05, 4.69) is 21.1 Å². The number of rotatable bonds is 4. The fraction of sp³-hybridized carbons (Fsp3) is 0.857. The zero-order valence-corrected chi connectivity index (χ0v) is 9.89. The first-order valence-corrected chi connectivity index (χ1v) is 3.22. The molecule has 0 atom stereocenters. The predicted octanol–water partition coefficient (Wildman–Crippen LogP) is 0.580. The molecule has 0 bridgehead atoms. The summed E-state index contributed by atoms with van der Waals surface area (Å²) in [5.74, 6) is 0. The van der Waals surface area contributed by atoms with Crippen molar-refractivity contribution in [3.8, 4) is 0 Å². The van der Waals surface area contributed by atoms with E-state index in [0.29, 0.717) is 6.42 Å². The summed E-state index contributed by atoms with van der Waals surface area (Å²) < 4.78 is 0.932. The maximum absolute atomic E-state index is 9.76. The van der Waals surface area contributed by atoms with Gasteiger partial charge in [0.05, 0.1) is 27.7 Å². The molecule has 0 aromatic heterocycles. The second-order valence-corrected chi connectivity index (χ2v) is 3.26. The van der Waals surface area contributed by atoms with Gasteiger partial charge in [-0.3, -0.25) is 6.29 Å². The molecule has 0 amide bonds. The molecule has 0 radical (unpaired) electrons. The van der Waals surface area contributed by atoms with Crippen molar-refractivity contribution in [3.05, 3.63) is 0 Å². The summed E-state index contributed by atoms with van der Waals surface area (Å²) in [6.07, 6.45) is 3.41. The van der Waals surface area contributed by atoms with Crippen molar-refractivity contribution in [2.45, 2.75) is 12.8 Å². The Labute approximate surface area is 88.4 Å². The molecule has 2 nitrogen and oxygen atoms in total. The van der Waals surface area contributed by atoms with Crippen LogP contribution in [0.5, 0.6) is 0 Å². The maximum Gasteiger partial charge on any atom is 3.00 e. The molecule has 0 heterocycles. The van der Waals surface area contributed by atoms with Crippen LogP contribution in [-0.2, 0) is 37.5 Å². The van der Waals surface area contributed by atoms with Crippen LogP contribution in [0.25, 0.3) is 0 Å². The Morgan fingerprint density at radius 2 is 1.80 bits per heavy atom. The van der Waals surface area contributed by atoms with E-state index in [4.69, 9.17) is 0 Å². The Hall–Kier alpha value is 0.734. The Bertz CT molecular complexity index is 88.1. The Morgan fingerprint density at radius 1 is 1.30 bits per heavy atom. The first-order chi connectivity index (χ1) is 4.06. The number of quaternary nitrogens is 1. The monoisotopic (exact) mass is 218 g/mol. The van der Waals surface area contributed by atoms with Gasteiger partial charge in [0, 0.05) is 0 Å².